The Kier molecular flexibility index (Phi) is 4.37. The molecule has 1 saturated heterocycles. The number of fused-ring (bicyclic) bond motifs is 1. The van der Waals surface area contributed by atoms with Crippen LogP contribution in [0.3, 0.4) is 0 Å². The fraction of sp³-hybridized carbons (Fsp3) is 0.421. The molecule has 1 aliphatic heterocycles. The Hall–Kier alpha value is -2.63. The van der Waals surface area contributed by atoms with Crippen molar-refractivity contribution in [1.29, 1.82) is 0 Å². The molecule has 0 unspecified atom stereocenters. The van der Waals surface area contributed by atoms with E-state index in [1.165, 1.54) is 0 Å². The van der Waals surface area contributed by atoms with Crippen LogP contribution in [0.1, 0.15) is 26.7 Å². The largest absolute Gasteiger partial charge is 0.497 e. The van der Waals surface area contributed by atoms with Gasteiger partial charge in [0.25, 0.3) is 0 Å². The lowest BCUT2D eigenvalue weighted by atomic mass is 9.69. The van der Waals surface area contributed by atoms with Crippen molar-refractivity contribution in [3.05, 3.63) is 36.0 Å². The first kappa shape index (κ1) is 17.2. The minimum Gasteiger partial charge on any atom is -0.497 e. The molecule has 1 aromatic carbocycles. The number of carbonyl (C=O) groups excluding carboxylic acids is 3. The molecule has 0 radical (unpaired) electrons. The molecule has 0 saturated carbocycles. The molecule has 25 heavy (non-hydrogen) atoms. The van der Waals surface area contributed by atoms with E-state index in [1.807, 2.05) is 19.9 Å². The van der Waals surface area contributed by atoms with Crippen LogP contribution in [0.2, 0.25) is 0 Å². The van der Waals surface area contributed by atoms with Crippen molar-refractivity contribution < 1.29 is 19.1 Å². The first-order valence-corrected chi connectivity index (χ1v) is 8.29. The monoisotopic (exact) mass is 342 g/mol. The molecule has 0 aromatic heterocycles. The normalized spacial score (nSPS) is 24.7. The standard InChI is InChI=1S/C19H22N2O4/c1-19(2)9-14-17(15(22)10-19)13(8-16(23)21-14)18(24)20-11-4-6-12(25-3)7-5-11/h4-7,9,13,17H,8,10H2,1-3H3,(H,20,24)(H,21,23)/t13-,17-/m0/s1. The molecule has 0 bridgehead atoms. The summed E-state index contributed by atoms with van der Waals surface area (Å²) < 4.78 is 5.09. The maximum absolute atomic E-state index is 12.7. The molecule has 6 heteroatoms. The molecule has 2 N–H and O–H groups in total. The SMILES string of the molecule is COc1ccc(NC(=O)[C@H]2CC(=O)NC3=CC(C)(C)CC(=O)[C@H]32)cc1. The number of nitrogens with one attached hydrogen (secondary N) is 2. The van der Waals surface area contributed by atoms with E-state index in [9.17, 15) is 14.4 Å². The van der Waals surface area contributed by atoms with Gasteiger partial charge in [-0.1, -0.05) is 19.9 Å². The number of hydrogen-bond acceptors (Lipinski definition) is 4. The number of anilines is 1. The molecular weight excluding hydrogens is 320 g/mol. The number of allylic oxidation sites excluding steroid dienone is 2. The number of rotatable bonds is 3. The molecule has 2 atom stereocenters. The molecule has 1 fully saturated rings. The predicted molar refractivity (Wildman–Crippen MR) is 92.9 cm³/mol. The summed E-state index contributed by atoms with van der Waals surface area (Å²) in [6.45, 7) is 3.89. The van der Waals surface area contributed by atoms with Gasteiger partial charge in [-0.15, -0.1) is 0 Å². The lowest BCUT2D eigenvalue weighted by Crippen LogP contribution is -2.49. The third kappa shape index (κ3) is 3.57. The molecule has 6 nitrogen and oxygen atoms in total. The molecule has 0 spiro atoms. The maximum atomic E-state index is 12.7. The van der Waals surface area contributed by atoms with Crippen molar-refractivity contribution in [2.24, 2.45) is 17.3 Å². The first-order chi connectivity index (χ1) is 11.8. The summed E-state index contributed by atoms with van der Waals surface area (Å²) in [4.78, 5) is 37.4. The van der Waals surface area contributed by atoms with Crippen LogP contribution in [0, 0.1) is 17.3 Å². The average molecular weight is 342 g/mol. The van der Waals surface area contributed by atoms with Gasteiger partial charge in [0.15, 0.2) is 0 Å². The average Bonchev–Trinajstić information content (AvgIpc) is 2.53. The van der Waals surface area contributed by atoms with Gasteiger partial charge in [-0.05, 0) is 29.7 Å². The van der Waals surface area contributed by atoms with Crippen LogP contribution in [0.25, 0.3) is 0 Å². The zero-order valence-electron chi connectivity index (χ0n) is 14.6. The van der Waals surface area contributed by atoms with Gasteiger partial charge in [-0.2, -0.15) is 0 Å². The Balaban J connectivity index is 1.83. The van der Waals surface area contributed by atoms with E-state index in [2.05, 4.69) is 10.6 Å². The molecular formula is C19H22N2O4. The number of benzene rings is 1. The smallest absolute Gasteiger partial charge is 0.229 e. The highest BCUT2D eigenvalue weighted by atomic mass is 16.5. The number of amides is 2. The van der Waals surface area contributed by atoms with Gasteiger partial charge in [-0.3, -0.25) is 14.4 Å². The molecule has 1 heterocycles. The van der Waals surface area contributed by atoms with Crippen molar-refractivity contribution in [3.8, 4) is 5.75 Å². The van der Waals surface area contributed by atoms with Crippen molar-refractivity contribution in [2.45, 2.75) is 26.7 Å². The van der Waals surface area contributed by atoms with Gasteiger partial charge in [-0.25, -0.2) is 0 Å². The maximum Gasteiger partial charge on any atom is 0.229 e. The minimum atomic E-state index is -0.689. The molecule has 3 rings (SSSR count). The summed E-state index contributed by atoms with van der Waals surface area (Å²) in [5, 5.41) is 5.58. The van der Waals surface area contributed by atoms with Gasteiger partial charge in [0.2, 0.25) is 11.8 Å². The highest BCUT2D eigenvalue weighted by Gasteiger charge is 2.45. The summed E-state index contributed by atoms with van der Waals surface area (Å²) in [6, 6.07) is 6.93. The Morgan fingerprint density at radius 3 is 2.56 bits per heavy atom. The Morgan fingerprint density at radius 2 is 1.92 bits per heavy atom. The van der Waals surface area contributed by atoms with Crippen LogP contribution in [0.15, 0.2) is 36.0 Å². The van der Waals surface area contributed by atoms with Crippen molar-refractivity contribution in [1.82, 2.24) is 5.32 Å². The zero-order chi connectivity index (χ0) is 18.2. The lowest BCUT2D eigenvalue weighted by Gasteiger charge is -2.38. The minimum absolute atomic E-state index is 0.00243. The van der Waals surface area contributed by atoms with E-state index in [0.29, 0.717) is 23.6 Å². The van der Waals surface area contributed by atoms with Gasteiger partial charge in [0.05, 0.1) is 18.9 Å². The molecule has 2 aliphatic rings. The van der Waals surface area contributed by atoms with Crippen molar-refractivity contribution in [3.63, 3.8) is 0 Å². The fourth-order valence-corrected chi connectivity index (χ4v) is 3.53. The predicted octanol–water partition coefficient (Wildman–Crippen LogP) is 2.27. The first-order valence-electron chi connectivity index (χ1n) is 8.29. The summed E-state index contributed by atoms with van der Waals surface area (Å²) in [6.07, 6.45) is 2.28. The summed E-state index contributed by atoms with van der Waals surface area (Å²) in [7, 11) is 1.57. The Morgan fingerprint density at radius 1 is 1.24 bits per heavy atom. The molecule has 1 aliphatic carbocycles. The van der Waals surface area contributed by atoms with Crippen LogP contribution in [-0.4, -0.2) is 24.7 Å². The third-order valence-corrected chi connectivity index (χ3v) is 4.64. The second-order valence-corrected chi connectivity index (χ2v) is 7.29. The van der Waals surface area contributed by atoms with Crippen molar-refractivity contribution in [2.75, 3.05) is 12.4 Å². The van der Waals surface area contributed by atoms with Gasteiger partial charge >= 0.3 is 0 Å². The number of ketones is 1. The van der Waals surface area contributed by atoms with E-state index < -0.39 is 11.8 Å². The molecule has 132 valence electrons. The lowest BCUT2D eigenvalue weighted by molar-refractivity contribution is -0.136. The second kappa shape index (κ2) is 6.35. The van der Waals surface area contributed by atoms with Crippen LogP contribution >= 0.6 is 0 Å². The summed E-state index contributed by atoms with van der Waals surface area (Å²) >= 11 is 0. The zero-order valence-corrected chi connectivity index (χ0v) is 14.6. The Labute approximate surface area is 146 Å². The second-order valence-electron chi connectivity index (χ2n) is 7.29. The van der Waals surface area contributed by atoms with E-state index in [1.54, 1.807) is 31.4 Å². The highest BCUT2D eigenvalue weighted by Crippen LogP contribution is 2.40. The highest BCUT2D eigenvalue weighted by molar-refractivity contribution is 6.02. The summed E-state index contributed by atoms with van der Waals surface area (Å²) in [5.74, 6) is -1.14. The van der Waals surface area contributed by atoms with Crippen molar-refractivity contribution >= 4 is 23.3 Å². The van der Waals surface area contributed by atoms with Crippen LogP contribution < -0.4 is 15.4 Å². The van der Waals surface area contributed by atoms with Crippen LogP contribution in [-0.2, 0) is 14.4 Å². The topological polar surface area (TPSA) is 84.5 Å². The number of ether oxygens (including phenoxy) is 1. The number of carbonyl (C=O) groups is 3. The van der Waals surface area contributed by atoms with E-state index in [0.717, 1.165) is 0 Å². The van der Waals surface area contributed by atoms with Gasteiger partial charge in [0, 0.05) is 24.2 Å². The number of Topliss-reactive ketones (excluding diaryl/α,β-unsaturated/α-hetero) is 1. The van der Waals surface area contributed by atoms with Gasteiger partial charge < -0.3 is 15.4 Å². The van der Waals surface area contributed by atoms with Gasteiger partial charge in [0.1, 0.15) is 11.5 Å². The number of hydrogen-bond donors (Lipinski definition) is 2. The van der Waals surface area contributed by atoms with E-state index in [-0.39, 0.29) is 29.4 Å². The quantitative estimate of drug-likeness (QED) is 0.882. The molecule has 1 aromatic rings. The third-order valence-electron chi connectivity index (χ3n) is 4.64. The molecule has 2 amide bonds. The summed E-state index contributed by atoms with van der Waals surface area (Å²) in [5.41, 5.74) is 0.850. The Bertz CT molecular complexity index is 749. The number of methoxy groups -OCH3 is 1. The van der Waals surface area contributed by atoms with Crippen LogP contribution in [0.5, 0.6) is 5.75 Å². The van der Waals surface area contributed by atoms with E-state index >= 15 is 0 Å². The van der Waals surface area contributed by atoms with Crippen LogP contribution in [0.4, 0.5) is 5.69 Å². The number of piperidine rings is 1. The van der Waals surface area contributed by atoms with E-state index in [4.69, 9.17) is 4.74 Å². The fourth-order valence-electron chi connectivity index (χ4n) is 3.53.